The zero-order valence-electron chi connectivity index (χ0n) is 14.3. The maximum Gasteiger partial charge on any atom is 0.217 e. The number of nitrogens with two attached hydrogens (primary N) is 1. The first-order valence-electron chi connectivity index (χ1n) is 7.91. The van der Waals surface area contributed by atoms with Crippen molar-refractivity contribution in [3.63, 3.8) is 0 Å². The first kappa shape index (κ1) is 17.1. The Morgan fingerprint density at radius 2 is 1.64 bits per heavy atom. The van der Waals surface area contributed by atoms with Gasteiger partial charge in [0.05, 0.1) is 0 Å². The molecule has 2 heterocycles. The lowest BCUT2D eigenvalue weighted by Crippen LogP contribution is -2.51. The van der Waals surface area contributed by atoms with Crippen molar-refractivity contribution in [1.82, 2.24) is 4.98 Å². The quantitative estimate of drug-likeness (QED) is 0.923. The number of carbonyl (C=O) groups excluding carboxylic acids is 1. The average molecular weight is 338 g/mol. The van der Waals surface area contributed by atoms with Gasteiger partial charge in [0.15, 0.2) is 5.78 Å². The van der Waals surface area contributed by atoms with E-state index in [0.717, 1.165) is 0 Å². The van der Waals surface area contributed by atoms with Crippen LogP contribution in [0, 0.1) is 11.2 Å². The molecule has 5 nitrogen and oxygen atoms in total. The number of nitrogens with zero attached hydrogens (tertiary/aromatic N) is 3. The molecule has 6 heteroatoms. The molecule has 0 saturated heterocycles. The minimum Gasteiger partial charge on any atom is -0.295 e. The number of ketones is 1. The number of halogens is 1. The Kier molecular flexibility index (Phi) is 4.08. The molecule has 0 saturated carbocycles. The number of aromatic nitrogens is 1. The van der Waals surface area contributed by atoms with Crippen molar-refractivity contribution < 1.29 is 9.18 Å². The van der Waals surface area contributed by atoms with Crippen LogP contribution in [0.3, 0.4) is 0 Å². The van der Waals surface area contributed by atoms with E-state index in [1.54, 1.807) is 57.4 Å². The first-order valence-corrected chi connectivity index (χ1v) is 7.91. The van der Waals surface area contributed by atoms with Crippen LogP contribution in [0.5, 0.6) is 0 Å². The third-order valence-corrected chi connectivity index (χ3v) is 4.04. The molecule has 128 valence electrons. The molecule has 1 aromatic carbocycles. The van der Waals surface area contributed by atoms with E-state index in [1.807, 2.05) is 0 Å². The van der Waals surface area contributed by atoms with Crippen LogP contribution < -0.4 is 5.73 Å². The standard InChI is InChI=1S/C19H19FN4O/c1-18(2,3)17(25)19(21)15(12-8-10-22-11-9-12)16(23-24-19)13-4-6-14(20)7-5-13/h4-11H,21H2,1-3H3. The Morgan fingerprint density at radius 3 is 2.20 bits per heavy atom. The molecule has 0 aliphatic carbocycles. The van der Waals surface area contributed by atoms with Gasteiger partial charge in [-0.1, -0.05) is 20.8 Å². The van der Waals surface area contributed by atoms with Crippen LogP contribution in [0.1, 0.15) is 31.9 Å². The van der Waals surface area contributed by atoms with Gasteiger partial charge in [0.1, 0.15) is 11.5 Å². The molecular formula is C19H19FN4O. The minimum atomic E-state index is -1.59. The lowest BCUT2D eigenvalue weighted by atomic mass is 9.78. The highest BCUT2D eigenvalue weighted by Crippen LogP contribution is 2.43. The van der Waals surface area contributed by atoms with Gasteiger partial charge in [0, 0.05) is 28.9 Å². The molecule has 1 unspecified atom stereocenters. The second kappa shape index (κ2) is 5.97. The molecule has 0 bridgehead atoms. The third-order valence-electron chi connectivity index (χ3n) is 4.04. The number of rotatable bonds is 3. The van der Waals surface area contributed by atoms with Crippen molar-refractivity contribution >= 4 is 17.1 Å². The van der Waals surface area contributed by atoms with Gasteiger partial charge in [-0.15, -0.1) is 0 Å². The Hall–Kier alpha value is -2.73. The summed E-state index contributed by atoms with van der Waals surface area (Å²) in [6, 6.07) is 9.38. The van der Waals surface area contributed by atoms with E-state index < -0.39 is 11.1 Å². The summed E-state index contributed by atoms with van der Waals surface area (Å²) in [6.45, 7) is 5.37. The lowest BCUT2D eigenvalue weighted by molar-refractivity contribution is -0.129. The molecule has 1 atom stereocenters. The molecule has 25 heavy (non-hydrogen) atoms. The second-order valence-corrected chi connectivity index (χ2v) is 7.01. The fraction of sp³-hybridized carbons (Fsp3) is 0.263. The third kappa shape index (κ3) is 3.00. The van der Waals surface area contributed by atoms with Gasteiger partial charge in [-0.25, -0.2) is 4.39 Å². The summed E-state index contributed by atoms with van der Waals surface area (Å²) in [5.41, 5.74) is 6.48. The summed E-state index contributed by atoms with van der Waals surface area (Å²) in [4.78, 5) is 17.0. The van der Waals surface area contributed by atoms with E-state index in [2.05, 4.69) is 15.2 Å². The Bertz CT molecular complexity index is 867. The van der Waals surface area contributed by atoms with E-state index in [1.165, 1.54) is 12.1 Å². The number of azo groups is 1. The highest BCUT2D eigenvalue weighted by Gasteiger charge is 2.48. The van der Waals surface area contributed by atoms with Crippen molar-refractivity contribution in [1.29, 1.82) is 0 Å². The molecule has 0 fully saturated rings. The normalized spacial score (nSPS) is 20.2. The number of hydrogen-bond acceptors (Lipinski definition) is 5. The van der Waals surface area contributed by atoms with Crippen LogP contribution in [0.15, 0.2) is 59.0 Å². The van der Waals surface area contributed by atoms with Gasteiger partial charge in [-0.2, -0.15) is 10.2 Å². The molecule has 2 N–H and O–H groups in total. The summed E-state index contributed by atoms with van der Waals surface area (Å²) < 4.78 is 13.3. The van der Waals surface area contributed by atoms with Gasteiger partial charge >= 0.3 is 0 Å². The topological polar surface area (TPSA) is 80.7 Å². The van der Waals surface area contributed by atoms with Crippen LogP contribution in [-0.2, 0) is 4.79 Å². The van der Waals surface area contributed by atoms with Gasteiger partial charge in [0.2, 0.25) is 5.66 Å². The summed E-state index contributed by atoms with van der Waals surface area (Å²) >= 11 is 0. The van der Waals surface area contributed by atoms with Crippen LogP contribution >= 0.6 is 0 Å². The zero-order valence-corrected chi connectivity index (χ0v) is 14.3. The van der Waals surface area contributed by atoms with E-state index in [-0.39, 0.29) is 11.6 Å². The molecule has 1 aromatic heterocycles. The number of benzene rings is 1. The van der Waals surface area contributed by atoms with Crippen molar-refractivity contribution in [2.75, 3.05) is 0 Å². The fourth-order valence-electron chi connectivity index (χ4n) is 2.83. The average Bonchev–Trinajstić information content (AvgIpc) is 2.93. The Balaban J connectivity index is 2.24. The van der Waals surface area contributed by atoms with Crippen molar-refractivity contribution in [2.24, 2.45) is 21.4 Å². The molecule has 1 aliphatic heterocycles. The minimum absolute atomic E-state index is 0.243. The number of carbonyl (C=O) groups is 1. The summed E-state index contributed by atoms with van der Waals surface area (Å²) in [5, 5.41) is 8.33. The van der Waals surface area contributed by atoms with Crippen LogP contribution in [0.4, 0.5) is 4.39 Å². The smallest absolute Gasteiger partial charge is 0.217 e. The van der Waals surface area contributed by atoms with E-state index in [4.69, 9.17) is 5.73 Å². The van der Waals surface area contributed by atoms with Gasteiger partial charge in [-0.05, 0) is 42.0 Å². The summed E-state index contributed by atoms with van der Waals surface area (Å²) in [7, 11) is 0. The van der Waals surface area contributed by atoms with E-state index in [0.29, 0.717) is 22.4 Å². The van der Waals surface area contributed by atoms with Crippen molar-refractivity contribution in [3.8, 4) is 0 Å². The van der Waals surface area contributed by atoms with Crippen LogP contribution in [0.2, 0.25) is 0 Å². The van der Waals surface area contributed by atoms with Crippen LogP contribution in [0.25, 0.3) is 11.3 Å². The molecular weight excluding hydrogens is 319 g/mol. The van der Waals surface area contributed by atoms with E-state index >= 15 is 0 Å². The largest absolute Gasteiger partial charge is 0.295 e. The molecule has 1 aliphatic rings. The second-order valence-electron chi connectivity index (χ2n) is 7.01. The molecule has 0 radical (unpaired) electrons. The molecule has 0 amide bonds. The molecule has 2 aromatic rings. The van der Waals surface area contributed by atoms with Gasteiger partial charge < -0.3 is 0 Å². The first-order chi connectivity index (χ1) is 11.7. The highest BCUT2D eigenvalue weighted by atomic mass is 19.1. The predicted molar refractivity (Wildman–Crippen MR) is 93.7 cm³/mol. The van der Waals surface area contributed by atoms with E-state index in [9.17, 15) is 9.18 Å². The number of hydrogen-bond donors (Lipinski definition) is 1. The SMILES string of the molecule is CC(C)(C)C(=O)C1(N)N=NC(c2ccc(F)cc2)=C1c1ccncc1. The number of pyridine rings is 1. The maximum atomic E-state index is 13.3. The Morgan fingerprint density at radius 1 is 1.04 bits per heavy atom. The van der Waals surface area contributed by atoms with Crippen molar-refractivity contribution in [2.45, 2.75) is 26.4 Å². The van der Waals surface area contributed by atoms with Crippen LogP contribution in [-0.4, -0.2) is 16.4 Å². The van der Waals surface area contributed by atoms with Crippen molar-refractivity contribution in [3.05, 3.63) is 65.7 Å². The van der Waals surface area contributed by atoms with Gasteiger partial charge in [0.25, 0.3) is 0 Å². The highest BCUT2D eigenvalue weighted by molar-refractivity contribution is 6.11. The van der Waals surface area contributed by atoms with Gasteiger partial charge in [-0.3, -0.25) is 15.5 Å². The molecule has 0 spiro atoms. The summed E-state index contributed by atoms with van der Waals surface area (Å²) in [5.74, 6) is -0.595. The predicted octanol–water partition coefficient (Wildman–Crippen LogP) is 3.83. The zero-order chi connectivity index (χ0) is 18.2. The summed E-state index contributed by atoms with van der Waals surface area (Å²) in [6.07, 6.45) is 3.23. The number of Topliss-reactive ketones (excluding diaryl/α,β-unsaturated/α-hetero) is 1. The Labute approximate surface area is 145 Å². The monoisotopic (exact) mass is 338 g/mol. The maximum absolute atomic E-state index is 13.3. The fourth-order valence-corrected chi connectivity index (χ4v) is 2.83. The molecule has 3 rings (SSSR count). The lowest BCUT2D eigenvalue weighted by Gasteiger charge is -2.29.